The van der Waals surface area contributed by atoms with Crippen LogP contribution in [-0.2, 0) is 0 Å². The Hall–Kier alpha value is -0.810. The SMILES string of the molecule is CN=C(NCC(C)CN1CCCCC1)NC1CCN(C2CCCC2)C1. The third-order valence-electron chi connectivity index (χ3n) is 6.26. The second-order valence-electron chi connectivity index (χ2n) is 8.48. The second-order valence-corrected chi connectivity index (χ2v) is 8.48. The van der Waals surface area contributed by atoms with Gasteiger partial charge in [0.15, 0.2) is 5.96 Å². The summed E-state index contributed by atoms with van der Waals surface area (Å²) in [7, 11) is 1.90. The lowest BCUT2D eigenvalue weighted by Gasteiger charge is -2.29. The van der Waals surface area contributed by atoms with Crippen LogP contribution in [0.3, 0.4) is 0 Å². The highest BCUT2D eigenvalue weighted by Crippen LogP contribution is 2.26. The molecule has 0 aromatic rings. The van der Waals surface area contributed by atoms with Crippen molar-refractivity contribution in [2.75, 3.05) is 46.3 Å². The van der Waals surface area contributed by atoms with Gasteiger partial charge in [0.2, 0.25) is 0 Å². The minimum Gasteiger partial charge on any atom is -0.356 e. The van der Waals surface area contributed by atoms with Crippen LogP contribution < -0.4 is 10.6 Å². The predicted octanol–water partition coefficient (Wildman–Crippen LogP) is 2.29. The number of nitrogens with zero attached hydrogens (tertiary/aromatic N) is 3. The zero-order valence-corrected chi connectivity index (χ0v) is 16.5. The van der Waals surface area contributed by atoms with E-state index in [1.54, 1.807) is 0 Å². The Labute approximate surface area is 154 Å². The third-order valence-corrected chi connectivity index (χ3v) is 6.26. The molecule has 0 aromatic carbocycles. The van der Waals surface area contributed by atoms with E-state index < -0.39 is 0 Å². The average molecular weight is 350 g/mol. The number of guanidine groups is 1. The van der Waals surface area contributed by atoms with Crippen LogP contribution in [0.1, 0.15) is 58.3 Å². The predicted molar refractivity (Wildman–Crippen MR) is 106 cm³/mol. The molecular formula is C20H39N5. The highest BCUT2D eigenvalue weighted by molar-refractivity contribution is 5.80. The number of hydrogen-bond donors (Lipinski definition) is 2. The van der Waals surface area contributed by atoms with Gasteiger partial charge in [0.1, 0.15) is 0 Å². The van der Waals surface area contributed by atoms with E-state index in [0.29, 0.717) is 12.0 Å². The van der Waals surface area contributed by atoms with Crippen LogP contribution in [0.15, 0.2) is 4.99 Å². The van der Waals surface area contributed by atoms with Crippen LogP contribution in [-0.4, -0.2) is 74.2 Å². The lowest BCUT2D eigenvalue weighted by atomic mass is 10.1. The second kappa shape index (κ2) is 9.77. The molecule has 2 atom stereocenters. The first-order chi connectivity index (χ1) is 12.2. The summed E-state index contributed by atoms with van der Waals surface area (Å²) >= 11 is 0. The molecule has 5 heteroatoms. The van der Waals surface area contributed by atoms with Crippen molar-refractivity contribution < 1.29 is 0 Å². The van der Waals surface area contributed by atoms with Gasteiger partial charge in [-0.1, -0.05) is 26.2 Å². The summed E-state index contributed by atoms with van der Waals surface area (Å²) < 4.78 is 0. The number of likely N-dealkylation sites (tertiary alicyclic amines) is 2. The standard InChI is InChI=1S/C20H39N5/c1-17(15-24-11-6-3-7-12-24)14-22-20(21-2)23-18-10-13-25(16-18)19-8-4-5-9-19/h17-19H,3-16H2,1-2H3,(H2,21,22,23). The minimum absolute atomic E-state index is 0.559. The van der Waals surface area contributed by atoms with Crippen LogP contribution in [0.4, 0.5) is 0 Å². The molecule has 1 aliphatic carbocycles. The van der Waals surface area contributed by atoms with Gasteiger partial charge in [-0.05, 0) is 51.1 Å². The lowest BCUT2D eigenvalue weighted by molar-refractivity contribution is 0.201. The molecule has 2 aliphatic heterocycles. The van der Waals surface area contributed by atoms with Gasteiger partial charge in [0.05, 0.1) is 0 Å². The van der Waals surface area contributed by atoms with Gasteiger partial charge in [-0.25, -0.2) is 0 Å². The first kappa shape index (κ1) is 19.0. The zero-order chi connectivity index (χ0) is 17.5. The van der Waals surface area contributed by atoms with Gasteiger partial charge in [0.25, 0.3) is 0 Å². The first-order valence-electron chi connectivity index (χ1n) is 10.7. The van der Waals surface area contributed by atoms with E-state index in [-0.39, 0.29) is 0 Å². The van der Waals surface area contributed by atoms with E-state index in [4.69, 9.17) is 0 Å². The Morgan fingerprint density at radius 3 is 2.52 bits per heavy atom. The fraction of sp³-hybridized carbons (Fsp3) is 0.950. The molecule has 3 aliphatic rings. The van der Waals surface area contributed by atoms with Crippen molar-refractivity contribution in [1.29, 1.82) is 0 Å². The fourth-order valence-corrected chi connectivity index (χ4v) is 4.81. The van der Waals surface area contributed by atoms with Crippen molar-refractivity contribution in [3.8, 4) is 0 Å². The molecule has 2 N–H and O–H groups in total. The molecule has 0 aromatic heterocycles. The molecule has 144 valence electrons. The van der Waals surface area contributed by atoms with Crippen LogP contribution in [0.2, 0.25) is 0 Å². The quantitative estimate of drug-likeness (QED) is 0.570. The van der Waals surface area contributed by atoms with E-state index in [1.807, 2.05) is 7.05 Å². The molecular weight excluding hydrogens is 310 g/mol. The molecule has 1 saturated carbocycles. The van der Waals surface area contributed by atoms with E-state index in [9.17, 15) is 0 Å². The molecule has 0 amide bonds. The normalized spacial score (nSPS) is 28.4. The average Bonchev–Trinajstić information content (AvgIpc) is 3.31. The molecule has 0 spiro atoms. The Kier molecular flexibility index (Phi) is 7.41. The van der Waals surface area contributed by atoms with Gasteiger partial charge in [-0.3, -0.25) is 9.89 Å². The highest BCUT2D eigenvalue weighted by Gasteiger charge is 2.30. The maximum Gasteiger partial charge on any atom is 0.191 e. The number of piperidine rings is 1. The number of nitrogens with one attached hydrogen (secondary N) is 2. The lowest BCUT2D eigenvalue weighted by Crippen LogP contribution is -2.47. The van der Waals surface area contributed by atoms with Gasteiger partial charge < -0.3 is 15.5 Å². The van der Waals surface area contributed by atoms with Crippen LogP contribution in [0.5, 0.6) is 0 Å². The summed E-state index contributed by atoms with van der Waals surface area (Å²) in [5.74, 6) is 1.65. The summed E-state index contributed by atoms with van der Waals surface area (Å²) in [4.78, 5) is 9.79. The molecule has 25 heavy (non-hydrogen) atoms. The molecule has 5 nitrogen and oxygen atoms in total. The van der Waals surface area contributed by atoms with Crippen molar-refractivity contribution in [2.45, 2.75) is 70.4 Å². The monoisotopic (exact) mass is 349 g/mol. The van der Waals surface area contributed by atoms with E-state index in [1.165, 1.54) is 84.1 Å². The number of rotatable bonds is 6. The largest absolute Gasteiger partial charge is 0.356 e. The highest BCUT2D eigenvalue weighted by atomic mass is 15.3. The Balaban J connectivity index is 1.35. The summed E-state index contributed by atoms with van der Waals surface area (Å²) in [5, 5.41) is 7.23. The molecule has 2 saturated heterocycles. The summed E-state index contributed by atoms with van der Waals surface area (Å²) in [6.07, 6.45) is 11.1. The van der Waals surface area contributed by atoms with E-state index in [2.05, 4.69) is 32.3 Å². The van der Waals surface area contributed by atoms with Crippen LogP contribution >= 0.6 is 0 Å². The summed E-state index contributed by atoms with van der Waals surface area (Å²) in [6, 6.07) is 1.41. The number of aliphatic imine (C=N–C) groups is 1. The summed E-state index contributed by atoms with van der Waals surface area (Å²) in [5.41, 5.74) is 0. The van der Waals surface area contributed by atoms with Crippen LogP contribution in [0.25, 0.3) is 0 Å². The van der Waals surface area contributed by atoms with Crippen molar-refractivity contribution in [3.63, 3.8) is 0 Å². The van der Waals surface area contributed by atoms with Crippen molar-refractivity contribution in [2.24, 2.45) is 10.9 Å². The Morgan fingerprint density at radius 1 is 1.04 bits per heavy atom. The van der Waals surface area contributed by atoms with E-state index >= 15 is 0 Å². The maximum atomic E-state index is 4.46. The van der Waals surface area contributed by atoms with Gasteiger partial charge >= 0.3 is 0 Å². The molecule has 2 unspecified atom stereocenters. The fourth-order valence-electron chi connectivity index (χ4n) is 4.81. The Bertz CT molecular complexity index is 412. The molecule has 0 bridgehead atoms. The van der Waals surface area contributed by atoms with Crippen molar-refractivity contribution in [3.05, 3.63) is 0 Å². The minimum atomic E-state index is 0.559. The maximum absolute atomic E-state index is 4.46. The number of hydrogen-bond acceptors (Lipinski definition) is 3. The summed E-state index contributed by atoms with van der Waals surface area (Å²) in [6.45, 7) is 9.59. The molecule has 2 heterocycles. The van der Waals surface area contributed by atoms with Crippen LogP contribution in [0, 0.1) is 5.92 Å². The molecule has 3 fully saturated rings. The van der Waals surface area contributed by atoms with Crippen molar-refractivity contribution in [1.82, 2.24) is 20.4 Å². The van der Waals surface area contributed by atoms with E-state index in [0.717, 1.165) is 18.5 Å². The topological polar surface area (TPSA) is 42.9 Å². The van der Waals surface area contributed by atoms with Gasteiger partial charge in [-0.2, -0.15) is 0 Å². The molecule has 3 rings (SSSR count). The van der Waals surface area contributed by atoms with Gasteiger partial charge in [-0.15, -0.1) is 0 Å². The Morgan fingerprint density at radius 2 is 1.80 bits per heavy atom. The van der Waals surface area contributed by atoms with Crippen molar-refractivity contribution >= 4 is 5.96 Å². The smallest absolute Gasteiger partial charge is 0.191 e. The third kappa shape index (κ3) is 5.85. The molecule has 0 radical (unpaired) electrons. The van der Waals surface area contributed by atoms with Gasteiger partial charge in [0, 0.05) is 45.3 Å². The first-order valence-corrected chi connectivity index (χ1v) is 10.7. The zero-order valence-electron chi connectivity index (χ0n) is 16.5.